The molecule has 2 heterocycles. The molecule has 2 aromatic carbocycles. The summed E-state index contributed by atoms with van der Waals surface area (Å²) in [6.45, 7) is 4.74. The van der Waals surface area contributed by atoms with E-state index < -0.39 is 17.7 Å². The van der Waals surface area contributed by atoms with Crippen molar-refractivity contribution >= 4 is 23.1 Å². The van der Waals surface area contributed by atoms with E-state index >= 15 is 0 Å². The lowest BCUT2D eigenvalue weighted by molar-refractivity contribution is -0.132. The largest absolute Gasteiger partial charge is 0.507 e. The van der Waals surface area contributed by atoms with E-state index in [-0.39, 0.29) is 11.3 Å². The first-order valence-corrected chi connectivity index (χ1v) is 10.7. The van der Waals surface area contributed by atoms with Gasteiger partial charge in [0.1, 0.15) is 17.3 Å². The molecular weight excluding hydrogens is 420 g/mol. The van der Waals surface area contributed by atoms with Gasteiger partial charge in [0.05, 0.1) is 24.8 Å². The summed E-state index contributed by atoms with van der Waals surface area (Å²) in [6, 6.07) is 16.5. The van der Waals surface area contributed by atoms with E-state index in [0.29, 0.717) is 41.5 Å². The lowest BCUT2D eigenvalue weighted by Gasteiger charge is -2.26. The summed E-state index contributed by atoms with van der Waals surface area (Å²) in [5.41, 5.74) is 1.57. The van der Waals surface area contributed by atoms with Crippen LogP contribution in [0.4, 0.5) is 5.69 Å². The molecule has 0 radical (unpaired) electrons. The number of pyridine rings is 1. The van der Waals surface area contributed by atoms with Gasteiger partial charge in [-0.3, -0.25) is 19.5 Å². The minimum Gasteiger partial charge on any atom is -0.507 e. The predicted octanol–water partition coefficient (Wildman–Crippen LogP) is 4.51. The lowest BCUT2D eigenvalue weighted by atomic mass is 9.95. The van der Waals surface area contributed by atoms with Crippen LogP contribution in [0.2, 0.25) is 0 Å². The Morgan fingerprint density at radius 1 is 0.939 bits per heavy atom. The van der Waals surface area contributed by atoms with Gasteiger partial charge in [0.2, 0.25) is 0 Å². The van der Waals surface area contributed by atoms with Crippen LogP contribution in [0.5, 0.6) is 11.5 Å². The number of nitrogens with zero attached hydrogens (tertiary/aromatic N) is 2. The van der Waals surface area contributed by atoms with Gasteiger partial charge in [-0.05, 0) is 55.8 Å². The fourth-order valence-corrected chi connectivity index (χ4v) is 3.88. The molecule has 1 amide bonds. The zero-order valence-corrected chi connectivity index (χ0v) is 18.4. The third kappa shape index (κ3) is 4.30. The van der Waals surface area contributed by atoms with E-state index in [1.165, 1.54) is 17.3 Å². The molecule has 1 aliphatic rings. The maximum Gasteiger partial charge on any atom is 0.300 e. The minimum atomic E-state index is -0.828. The molecule has 0 bridgehead atoms. The van der Waals surface area contributed by atoms with Crippen LogP contribution < -0.4 is 14.4 Å². The van der Waals surface area contributed by atoms with Crippen LogP contribution >= 0.6 is 0 Å². The van der Waals surface area contributed by atoms with Crippen molar-refractivity contribution in [2.24, 2.45) is 0 Å². The number of Topliss-reactive ketones (excluding diaryl/α,β-unsaturated/α-hetero) is 1. The number of anilines is 1. The molecule has 1 aliphatic heterocycles. The second kappa shape index (κ2) is 9.56. The number of aliphatic hydroxyl groups excluding tert-OH is 1. The summed E-state index contributed by atoms with van der Waals surface area (Å²) < 4.78 is 11.1. The topological polar surface area (TPSA) is 89.0 Å². The molecule has 0 spiro atoms. The standard InChI is InChI=1S/C26H24N2O5/c1-3-32-20-10-8-17(9-11-20)23-22(24(29)18-12-14-27-15-13-18)25(30)26(31)28(23)19-6-5-7-21(16-19)33-4-2/h5-16,23,29H,3-4H2,1-2H3/b24-22+. The molecule has 0 saturated carbocycles. The smallest absolute Gasteiger partial charge is 0.300 e. The van der Waals surface area contributed by atoms with Crippen LogP contribution in [0.1, 0.15) is 31.0 Å². The van der Waals surface area contributed by atoms with Gasteiger partial charge in [-0.25, -0.2) is 0 Å². The van der Waals surface area contributed by atoms with Gasteiger partial charge in [0, 0.05) is 29.7 Å². The number of ketones is 1. The first-order valence-electron chi connectivity index (χ1n) is 10.7. The minimum absolute atomic E-state index is 0.0113. The molecule has 0 aliphatic carbocycles. The molecule has 3 aromatic rings. The average Bonchev–Trinajstić information content (AvgIpc) is 3.11. The second-order valence-corrected chi connectivity index (χ2v) is 7.34. The van der Waals surface area contributed by atoms with Gasteiger partial charge in [-0.2, -0.15) is 0 Å². The molecule has 7 nitrogen and oxygen atoms in total. The van der Waals surface area contributed by atoms with E-state index in [1.807, 2.05) is 13.8 Å². The number of hydrogen-bond acceptors (Lipinski definition) is 6. The van der Waals surface area contributed by atoms with Crippen molar-refractivity contribution in [2.45, 2.75) is 19.9 Å². The molecule has 7 heteroatoms. The van der Waals surface area contributed by atoms with Gasteiger partial charge in [0.15, 0.2) is 0 Å². The number of ether oxygens (including phenoxy) is 2. The summed E-state index contributed by atoms with van der Waals surface area (Å²) in [7, 11) is 0. The highest BCUT2D eigenvalue weighted by molar-refractivity contribution is 6.51. The molecule has 1 fully saturated rings. The average molecular weight is 444 g/mol. The molecule has 168 valence electrons. The molecule has 1 N–H and O–H groups in total. The monoisotopic (exact) mass is 444 g/mol. The number of amides is 1. The molecule has 4 rings (SSSR count). The number of carbonyl (C=O) groups excluding carboxylic acids is 2. The third-order valence-corrected chi connectivity index (χ3v) is 5.31. The number of rotatable bonds is 7. The number of benzene rings is 2. The molecular formula is C26H24N2O5. The van der Waals surface area contributed by atoms with E-state index in [2.05, 4.69) is 4.98 Å². The van der Waals surface area contributed by atoms with Crippen LogP contribution in [0.3, 0.4) is 0 Å². The van der Waals surface area contributed by atoms with Crippen molar-refractivity contribution in [2.75, 3.05) is 18.1 Å². The summed E-state index contributed by atoms with van der Waals surface area (Å²) in [6.07, 6.45) is 3.03. The van der Waals surface area contributed by atoms with Gasteiger partial charge < -0.3 is 14.6 Å². The molecule has 1 atom stereocenters. The van der Waals surface area contributed by atoms with Crippen LogP contribution in [0, 0.1) is 0 Å². The normalized spacial score (nSPS) is 17.3. The first kappa shape index (κ1) is 22.1. The number of aromatic nitrogens is 1. The fourth-order valence-electron chi connectivity index (χ4n) is 3.88. The lowest BCUT2D eigenvalue weighted by Crippen LogP contribution is -2.29. The van der Waals surface area contributed by atoms with Crippen molar-refractivity contribution in [3.05, 3.63) is 89.8 Å². The summed E-state index contributed by atoms with van der Waals surface area (Å²) in [5.74, 6) is -0.483. The highest BCUT2D eigenvalue weighted by Gasteiger charge is 2.47. The molecule has 33 heavy (non-hydrogen) atoms. The third-order valence-electron chi connectivity index (χ3n) is 5.31. The number of aliphatic hydroxyl groups is 1. The van der Waals surface area contributed by atoms with Crippen LogP contribution in [0.15, 0.2) is 78.6 Å². The van der Waals surface area contributed by atoms with E-state index in [1.54, 1.807) is 60.7 Å². The zero-order valence-electron chi connectivity index (χ0n) is 18.4. The Kier molecular flexibility index (Phi) is 6.40. The van der Waals surface area contributed by atoms with Crippen molar-refractivity contribution in [1.29, 1.82) is 0 Å². The van der Waals surface area contributed by atoms with Gasteiger partial charge >= 0.3 is 0 Å². The second-order valence-electron chi connectivity index (χ2n) is 7.34. The highest BCUT2D eigenvalue weighted by atomic mass is 16.5. The van der Waals surface area contributed by atoms with Gasteiger partial charge in [-0.15, -0.1) is 0 Å². The Hall–Kier alpha value is -4.13. The summed E-state index contributed by atoms with van der Waals surface area (Å²) in [4.78, 5) is 31.8. The van der Waals surface area contributed by atoms with Crippen molar-refractivity contribution in [3.8, 4) is 11.5 Å². The number of hydrogen-bond donors (Lipinski definition) is 1. The van der Waals surface area contributed by atoms with Crippen molar-refractivity contribution in [1.82, 2.24) is 4.98 Å². The first-order chi connectivity index (χ1) is 16.0. The van der Waals surface area contributed by atoms with E-state index in [9.17, 15) is 14.7 Å². The summed E-state index contributed by atoms with van der Waals surface area (Å²) in [5, 5.41) is 11.1. The maximum atomic E-state index is 13.2. The van der Waals surface area contributed by atoms with Gasteiger partial charge in [-0.1, -0.05) is 18.2 Å². The zero-order chi connectivity index (χ0) is 23.4. The van der Waals surface area contributed by atoms with Crippen molar-refractivity contribution < 1.29 is 24.2 Å². The predicted molar refractivity (Wildman–Crippen MR) is 124 cm³/mol. The van der Waals surface area contributed by atoms with Crippen molar-refractivity contribution in [3.63, 3.8) is 0 Å². The Balaban J connectivity index is 1.89. The Morgan fingerprint density at radius 2 is 1.61 bits per heavy atom. The molecule has 1 saturated heterocycles. The highest BCUT2D eigenvalue weighted by Crippen LogP contribution is 2.43. The Morgan fingerprint density at radius 3 is 2.27 bits per heavy atom. The Labute approximate surface area is 191 Å². The summed E-state index contributed by atoms with van der Waals surface area (Å²) >= 11 is 0. The SMILES string of the molecule is CCOc1ccc(C2/C(=C(\O)c3ccncc3)C(=O)C(=O)N2c2cccc(OCC)c2)cc1. The maximum absolute atomic E-state index is 13.2. The number of carbonyl (C=O) groups is 2. The van der Waals surface area contributed by atoms with Gasteiger partial charge in [0.25, 0.3) is 11.7 Å². The van der Waals surface area contributed by atoms with E-state index in [4.69, 9.17) is 9.47 Å². The fraction of sp³-hybridized carbons (Fsp3) is 0.192. The van der Waals surface area contributed by atoms with Crippen LogP contribution in [0.25, 0.3) is 5.76 Å². The molecule has 1 aromatic heterocycles. The Bertz CT molecular complexity index is 1190. The van der Waals surface area contributed by atoms with Crippen LogP contribution in [-0.4, -0.2) is 35.0 Å². The quantitative estimate of drug-likeness (QED) is 0.328. The van der Waals surface area contributed by atoms with Crippen LogP contribution in [-0.2, 0) is 9.59 Å². The molecule has 1 unspecified atom stereocenters. The van der Waals surface area contributed by atoms with E-state index in [0.717, 1.165) is 0 Å².